The molecule has 0 fully saturated rings. The van der Waals surface area contributed by atoms with Crippen molar-refractivity contribution < 1.29 is 0 Å². The summed E-state index contributed by atoms with van der Waals surface area (Å²) < 4.78 is 1.01. The van der Waals surface area contributed by atoms with E-state index in [1.54, 1.807) is 11.3 Å². The Morgan fingerprint density at radius 3 is 2.74 bits per heavy atom. The van der Waals surface area contributed by atoms with Crippen LogP contribution in [0.25, 0.3) is 0 Å². The van der Waals surface area contributed by atoms with Gasteiger partial charge in [-0.15, -0.1) is 11.3 Å². The molecule has 0 saturated carbocycles. The van der Waals surface area contributed by atoms with Crippen LogP contribution in [0.15, 0.2) is 34.1 Å². The number of halogens is 2. The van der Waals surface area contributed by atoms with Crippen molar-refractivity contribution in [2.45, 2.75) is 26.3 Å². The van der Waals surface area contributed by atoms with E-state index in [1.807, 2.05) is 12.1 Å². The van der Waals surface area contributed by atoms with Crippen LogP contribution >= 0.6 is 38.9 Å². The molecule has 19 heavy (non-hydrogen) atoms. The maximum Gasteiger partial charge on any atom is 0.0688 e. The average molecular weight is 359 g/mol. The van der Waals surface area contributed by atoms with Crippen molar-refractivity contribution in [1.29, 1.82) is 0 Å². The lowest BCUT2D eigenvalue weighted by molar-refractivity contribution is 0.604. The third-order valence-corrected chi connectivity index (χ3v) is 4.94. The molecule has 0 radical (unpaired) electrons. The molecule has 0 spiro atoms. The van der Waals surface area contributed by atoms with Crippen molar-refractivity contribution >= 4 is 38.9 Å². The Morgan fingerprint density at radius 2 is 2.16 bits per heavy atom. The Balaban J connectivity index is 2.40. The second kappa shape index (κ2) is 6.89. The van der Waals surface area contributed by atoms with Gasteiger partial charge in [-0.05, 0) is 54.6 Å². The summed E-state index contributed by atoms with van der Waals surface area (Å²) in [6, 6.07) is 8.44. The SMILES string of the molecule is CCCNC(c1ccc(Br)cc1Cl)c1sccc1C. The smallest absolute Gasteiger partial charge is 0.0688 e. The second-order valence-corrected chi connectivity index (χ2v) is 6.79. The first kappa shape index (κ1) is 15.0. The number of nitrogens with one attached hydrogen (secondary N) is 1. The van der Waals surface area contributed by atoms with Gasteiger partial charge in [0.1, 0.15) is 0 Å². The first-order chi connectivity index (χ1) is 9.13. The van der Waals surface area contributed by atoms with E-state index in [2.05, 4.69) is 52.6 Å². The minimum Gasteiger partial charge on any atom is -0.306 e. The zero-order valence-electron chi connectivity index (χ0n) is 11.0. The van der Waals surface area contributed by atoms with Crippen LogP contribution in [0.4, 0.5) is 0 Å². The Hall–Kier alpha value is -0.350. The summed E-state index contributed by atoms with van der Waals surface area (Å²) >= 11 is 11.6. The summed E-state index contributed by atoms with van der Waals surface area (Å²) in [5.74, 6) is 0. The highest BCUT2D eigenvalue weighted by molar-refractivity contribution is 9.10. The highest BCUT2D eigenvalue weighted by atomic mass is 79.9. The van der Waals surface area contributed by atoms with Crippen molar-refractivity contribution in [2.75, 3.05) is 6.54 Å². The second-order valence-electron chi connectivity index (χ2n) is 4.52. The molecule has 102 valence electrons. The molecular weight excluding hydrogens is 342 g/mol. The molecule has 1 heterocycles. The van der Waals surface area contributed by atoms with Crippen molar-refractivity contribution in [2.24, 2.45) is 0 Å². The Morgan fingerprint density at radius 1 is 1.37 bits per heavy atom. The highest BCUT2D eigenvalue weighted by Crippen LogP contribution is 2.34. The zero-order chi connectivity index (χ0) is 13.8. The number of hydrogen-bond donors (Lipinski definition) is 1. The summed E-state index contributed by atoms with van der Waals surface area (Å²) in [5.41, 5.74) is 2.46. The molecular formula is C15H17BrClNS. The monoisotopic (exact) mass is 357 g/mol. The van der Waals surface area contributed by atoms with Gasteiger partial charge in [0.2, 0.25) is 0 Å². The van der Waals surface area contributed by atoms with Gasteiger partial charge in [-0.25, -0.2) is 0 Å². The van der Waals surface area contributed by atoms with E-state index in [0.29, 0.717) is 0 Å². The van der Waals surface area contributed by atoms with Gasteiger partial charge in [0.15, 0.2) is 0 Å². The summed E-state index contributed by atoms with van der Waals surface area (Å²) in [7, 11) is 0. The normalized spacial score (nSPS) is 12.6. The van der Waals surface area contributed by atoms with Crippen molar-refractivity contribution in [3.8, 4) is 0 Å². The van der Waals surface area contributed by atoms with Crippen molar-refractivity contribution in [3.63, 3.8) is 0 Å². The maximum absolute atomic E-state index is 6.41. The van der Waals surface area contributed by atoms with Gasteiger partial charge in [0.05, 0.1) is 6.04 Å². The summed E-state index contributed by atoms with van der Waals surface area (Å²) in [5, 5.41) is 6.54. The van der Waals surface area contributed by atoms with Crippen LogP contribution in [-0.2, 0) is 0 Å². The minimum absolute atomic E-state index is 0.181. The molecule has 1 aromatic carbocycles. The fraction of sp³-hybridized carbons (Fsp3) is 0.333. The molecule has 0 aliphatic rings. The number of thiophene rings is 1. The average Bonchev–Trinajstić information content (AvgIpc) is 2.78. The molecule has 1 nitrogen and oxygen atoms in total. The van der Waals surface area contributed by atoms with E-state index in [-0.39, 0.29) is 6.04 Å². The third kappa shape index (κ3) is 3.60. The van der Waals surface area contributed by atoms with Crippen LogP contribution in [0.1, 0.15) is 35.4 Å². The lowest BCUT2D eigenvalue weighted by atomic mass is 10.0. The highest BCUT2D eigenvalue weighted by Gasteiger charge is 2.19. The van der Waals surface area contributed by atoms with Gasteiger partial charge < -0.3 is 5.32 Å². The van der Waals surface area contributed by atoms with Crippen LogP contribution in [0.3, 0.4) is 0 Å². The number of benzene rings is 1. The molecule has 2 rings (SSSR count). The topological polar surface area (TPSA) is 12.0 Å². The number of hydrogen-bond acceptors (Lipinski definition) is 2. The van der Waals surface area contributed by atoms with E-state index >= 15 is 0 Å². The largest absolute Gasteiger partial charge is 0.306 e. The van der Waals surface area contributed by atoms with Crippen LogP contribution < -0.4 is 5.32 Å². The minimum atomic E-state index is 0.181. The van der Waals surface area contributed by atoms with Gasteiger partial charge in [-0.1, -0.05) is 40.5 Å². The maximum atomic E-state index is 6.41. The molecule has 0 bridgehead atoms. The molecule has 1 unspecified atom stereocenters. The fourth-order valence-electron chi connectivity index (χ4n) is 2.05. The standard InChI is InChI=1S/C15H17BrClNS/c1-3-7-18-14(15-10(2)6-8-19-15)12-5-4-11(16)9-13(12)17/h4-6,8-9,14,18H,3,7H2,1-2H3. The molecule has 4 heteroatoms. The zero-order valence-corrected chi connectivity index (χ0v) is 14.2. The molecule has 0 saturated heterocycles. The first-order valence-corrected chi connectivity index (χ1v) is 8.41. The van der Waals surface area contributed by atoms with Gasteiger partial charge in [0.25, 0.3) is 0 Å². The van der Waals surface area contributed by atoms with Crippen LogP contribution in [-0.4, -0.2) is 6.54 Å². The Bertz CT molecular complexity index is 553. The van der Waals surface area contributed by atoms with E-state index in [9.17, 15) is 0 Å². The Kier molecular flexibility index (Phi) is 5.46. The van der Waals surface area contributed by atoms with Crippen molar-refractivity contribution in [1.82, 2.24) is 5.32 Å². The van der Waals surface area contributed by atoms with Crippen LogP contribution in [0, 0.1) is 6.92 Å². The predicted octanol–water partition coefficient (Wildman–Crippen LogP) is 5.56. The third-order valence-electron chi connectivity index (χ3n) is 3.04. The predicted molar refractivity (Wildman–Crippen MR) is 88.3 cm³/mol. The van der Waals surface area contributed by atoms with E-state index in [0.717, 1.165) is 28.0 Å². The molecule has 0 aliphatic carbocycles. The molecule has 1 aromatic heterocycles. The fourth-order valence-corrected chi connectivity index (χ4v) is 3.85. The van der Waals surface area contributed by atoms with Gasteiger partial charge in [-0.2, -0.15) is 0 Å². The molecule has 0 aliphatic heterocycles. The number of aryl methyl sites for hydroxylation is 1. The van der Waals surface area contributed by atoms with Gasteiger partial charge >= 0.3 is 0 Å². The van der Waals surface area contributed by atoms with Gasteiger partial charge in [0, 0.05) is 14.4 Å². The lowest BCUT2D eigenvalue weighted by Gasteiger charge is -2.20. The number of rotatable bonds is 5. The molecule has 2 aromatic rings. The van der Waals surface area contributed by atoms with E-state index in [1.165, 1.54) is 10.4 Å². The van der Waals surface area contributed by atoms with Crippen LogP contribution in [0.2, 0.25) is 5.02 Å². The molecule has 1 atom stereocenters. The van der Waals surface area contributed by atoms with E-state index in [4.69, 9.17) is 11.6 Å². The quantitative estimate of drug-likeness (QED) is 0.737. The summed E-state index contributed by atoms with van der Waals surface area (Å²) in [6.07, 6.45) is 1.11. The molecule has 1 N–H and O–H groups in total. The Labute approximate surface area is 132 Å². The van der Waals surface area contributed by atoms with Crippen LogP contribution in [0.5, 0.6) is 0 Å². The summed E-state index contributed by atoms with van der Waals surface area (Å²) in [6.45, 7) is 5.31. The lowest BCUT2D eigenvalue weighted by Crippen LogP contribution is -2.23. The van der Waals surface area contributed by atoms with Gasteiger partial charge in [-0.3, -0.25) is 0 Å². The van der Waals surface area contributed by atoms with Crippen molar-refractivity contribution in [3.05, 3.63) is 55.1 Å². The first-order valence-electron chi connectivity index (χ1n) is 6.35. The molecule has 0 amide bonds. The van der Waals surface area contributed by atoms with E-state index < -0.39 is 0 Å². The summed E-state index contributed by atoms with van der Waals surface area (Å²) in [4.78, 5) is 1.35.